The molecule has 110 valence electrons. The largest absolute Gasteiger partial charge is 0.374 e. The lowest BCUT2D eigenvalue weighted by Crippen LogP contribution is -2.32. The Kier molecular flexibility index (Phi) is 5.17. The van der Waals surface area contributed by atoms with Crippen LogP contribution in [0, 0.1) is 0 Å². The minimum atomic E-state index is -0.366. The predicted molar refractivity (Wildman–Crippen MR) is 86.8 cm³/mol. The van der Waals surface area contributed by atoms with Crippen LogP contribution in [0.3, 0.4) is 0 Å². The molecule has 4 nitrogen and oxygen atoms in total. The van der Waals surface area contributed by atoms with Crippen molar-refractivity contribution in [1.82, 2.24) is 4.98 Å². The molecule has 0 radical (unpaired) electrons. The number of halogens is 1. The molecule has 2 aromatic rings. The van der Waals surface area contributed by atoms with Crippen LogP contribution < -0.4 is 10.6 Å². The van der Waals surface area contributed by atoms with E-state index in [0.717, 1.165) is 12.1 Å². The van der Waals surface area contributed by atoms with E-state index in [4.69, 9.17) is 11.6 Å². The number of aryl methyl sites for hydroxylation is 1. The van der Waals surface area contributed by atoms with Gasteiger partial charge in [0.1, 0.15) is 11.9 Å². The summed E-state index contributed by atoms with van der Waals surface area (Å²) in [7, 11) is 0. The number of nitrogens with one attached hydrogen (secondary N) is 2. The molecule has 0 aliphatic rings. The topological polar surface area (TPSA) is 54.0 Å². The van der Waals surface area contributed by atoms with Gasteiger partial charge in [0.2, 0.25) is 5.91 Å². The van der Waals surface area contributed by atoms with Crippen molar-refractivity contribution >= 4 is 29.0 Å². The van der Waals surface area contributed by atoms with Gasteiger partial charge in [0.15, 0.2) is 0 Å². The first kappa shape index (κ1) is 15.3. The second-order valence-electron chi connectivity index (χ2n) is 4.77. The quantitative estimate of drug-likeness (QED) is 0.885. The Bertz CT molecular complexity index is 596. The molecular weight excluding hydrogens is 286 g/mol. The van der Waals surface area contributed by atoms with Gasteiger partial charge in [-0.2, -0.15) is 0 Å². The fourth-order valence-electron chi connectivity index (χ4n) is 1.84. The molecule has 0 saturated heterocycles. The van der Waals surface area contributed by atoms with E-state index in [9.17, 15) is 4.79 Å². The fourth-order valence-corrected chi connectivity index (χ4v) is 1.95. The predicted octanol–water partition coefficient (Wildman–Crippen LogP) is 3.74. The maximum absolute atomic E-state index is 12.1. The van der Waals surface area contributed by atoms with E-state index in [0.29, 0.717) is 10.8 Å². The highest BCUT2D eigenvalue weighted by atomic mass is 35.5. The zero-order valence-corrected chi connectivity index (χ0v) is 12.8. The third kappa shape index (κ3) is 4.46. The number of anilines is 2. The Labute approximate surface area is 129 Å². The molecule has 1 amide bonds. The minimum Gasteiger partial charge on any atom is -0.374 e. The van der Waals surface area contributed by atoms with Gasteiger partial charge in [0, 0.05) is 11.9 Å². The molecule has 1 heterocycles. The summed E-state index contributed by atoms with van der Waals surface area (Å²) in [6.45, 7) is 3.91. The number of rotatable bonds is 5. The number of pyridine rings is 1. The summed E-state index contributed by atoms with van der Waals surface area (Å²) in [4.78, 5) is 16.1. The number of benzene rings is 1. The molecule has 5 heteroatoms. The van der Waals surface area contributed by atoms with Crippen LogP contribution in [0.15, 0.2) is 42.6 Å². The molecule has 0 unspecified atom stereocenters. The van der Waals surface area contributed by atoms with E-state index in [2.05, 4.69) is 22.5 Å². The number of amides is 1. The third-order valence-electron chi connectivity index (χ3n) is 3.12. The number of hydrogen-bond acceptors (Lipinski definition) is 3. The Morgan fingerprint density at radius 2 is 1.95 bits per heavy atom. The van der Waals surface area contributed by atoms with Gasteiger partial charge in [-0.25, -0.2) is 4.98 Å². The Hall–Kier alpha value is -2.07. The average Bonchev–Trinajstić information content (AvgIpc) is 2.50. The Balaban J connectivity index is 1.93. The minimum absolute atomic E-state index is 0.149. The van der Waals surface area contributed by atoms with Crippen LogP contribution in [-0.2, 0) is 11.2 Å². The van der Waals surface area contributed by atoms with Gasteiger partial charge in [-0.15, -0.1) is 0 Å². The molecule has 1 aromatic carbocycles. The van der Waals surface area contributed by atoms with Crippen molar-refractivity contribution in [3.63, 3.8) is 0 Å². The fraction of sp³-hybridized carbons (Fsp3) is 0.250. The van der Waals surface area contributed by atoms with E-state index < -0.39 is 0 Å². The zero-order valence-electron chi connectivity index (χ0n) is 12.1. The van der Waals surface area contributed by atoms with Crippen molar-refractivity contribution in [3.05, 3.63) is 53.2 Å². The van der Waals surface area contributed by atoms with E-state index >= 15 is 0 Å². The molecular formula is C16H18ClN3O. The Morgan fingerprint density at radius 3 is 2.52 bits per heavy atom. The van der Waals surface area contributed by atoms with Gasteiger partial charge < -0.3 is 10.6 Å². The summed E-state index contributed by atoms with van der Waals surface area (Å²) in [6, 6.07) is 11.0. The molecule has 1 atom stereocenters. The van der Waals surface area contributed by atoms with Crippen LogP contribution >= 0.6 is 11.6 Å². The van der Waals surface area contributed by atoms with Gasteiger partial charge in [0.05, 0.1) is 5.02 Å². The summed E-state index contributed by atoms with van der Waals surface area (Å²) < 4.78 is 0. The van der Waals surface area contributed by atoms with Crippen LogP contribution in [0.4, 0.5) is 11.5 Å². The van der Waals surface area contributed by atoms with Crippen molar-refractivity contribution in [2.45, 2.75) is 26.3 Å². The van der Waals surface area contributed by atoms with E-state index in [-0.39, 0.29) is 11.9 Å². The molecule has 0 aliphatic carbocycles. The maximum atomic E-state index is 12.1. The van der Waals surface area contributed by atoms with E-state index in [1.807, 2.05) is 24.3 Å². The van der Waals surface area contributed by atoms with Crippen LogP contribution in [0.2, 0.25) is 5.02 Å². The molecule has 2 rings (SSSR count). The van der Waals surface area contributed by atoms with Crippen LogP contribution in [-0.4, -0.2) is 16.9 Å². The second kappa shape index (κ2) is 7.09. The standard InChI is InChI=1S/C16H18ClN3O/c1-3-12-4-7-14(8-5-12)19-11(2)16(21)20-15-9-6-13(17)10-18-15/h4-11,19H,3H2,1-2H3,(H,18,20,21)/t11-/m1/s1. The molecule has 0 aliphatic heterocycles. The summed E-state index contributed by atoms with van der Waals surface area (Å²) >= 11 is 5.76. The van der Waals surface area contributed by atoms with Gasteiger partial charge in [-0.3, -0.25) is 4.79 Å². The molecule has 0 fully saturated rings. The maximum Gasteiger partial charge on any atom is 0.247 e. The van der Waals surface area contributed by atoms with Crippen molar-refractivity contribution in [2.75, 3.05) is 10.6 Å². The average molecular weight is 304 g/mol. The van der Waals surface area contributed by atoms with Crippen molar-refractivity contribution in [3.8, 4) is 0 Å². The molecule has 1 aromatic heterocycles. The van der Waals surface area contributed by atoms with Crippen LogP contribution in [0.25, 0.3) is 0 Å². The summed E-state index contributed by atoms with van der Waals surface area (Å²) in [5, 5.41) is 6.44. The summed E-state index contributed by atoms with van der Waals surface area (Å²) in [6.07, 6.45) is 2.50. The first-order valence-corrected chi connectivity index (χ1v) is 7.24. The molecule has 0 saturated carbocycles. The highest BCUT2D eigenvalue weighted by molar-refractivity contribution is 6.30. The lowest BCUT2D eigenvalue weighted by molar-refractivity contribution is -0.116. The van der Waals surface area contributed by atoms with Crippen molar-refractivity contribution < 1.29 is 4.79 Å². The highest BCUT2D eigenvalue weighted by Gasteiger charge is 2.13. The van der Waals surface area contributed by atoms with Gasteiger partial charge in [0.25, 0.3) is 0 Å². The summed E-state index contributed by atoms with van der Waals surface area (Å²) in [5.74, 6) is 0.337. The number of hydrogen-bond donors (Lipinski definition) is 2. The van der Waals surface area contributed by atoms with Crippen molar-refractivity contribution in [2.24, 2.45) is 0 Å². The third-order valence-corrected chi connectivity index (χ3v) is 3.34. The SMILES string of the molecule is CCc1ccc(N[C@H](C)C(=O)Nc2ccc(Cl)cn2)cc1. The van der Waals surface area contributed by atoms with Gasteiger partial charge in [-0.1, -0.05) is 30.7 Å². The highest BCUT2D eigenvalue weighted by Crippen LogP contribution is 2.13. The Morgan fingerprint density at radius 1 is 1.24 bits per heavy atom. The van der Waals surface area contributed by atoms with Crippen LogP contribution in [0.1, 0.15) is 19.4 Å². The van der Waals surface area contributed by atoms with Gasteiger partial charge in [-0.05, 0) is 43.2 Å². The molecule has 2 N–H and O–H groups in total. The lowest BCUT2D eigenvalue weighted by atomic mass is 10.1. The first-order valence-electron chi connectivity index (χ1n) is 6.86. The van der Waals surface area contributed by atoms with E-state index in [1.165, 1.54) is 11.8 Å². The smallest absolute Gasteiger partial charge is 0.247 e. The van der Waals surface area contributed by atoms with E-state index in [1.54, 1.807) is 19.1 Å². The molecule has 0 bridgehead atoms. The second-order valence-corrected chi connectivity index (χ2v) is 5.20. The number of carbonyl (C=O) groups excluding carboxylic acids is 1. The molecule has 0 spiro atoms. The number of carbonyl (C=O) groups is 1. The molecule has 21 heavy (non-hydrogen) atoms. The first-order chi connectivity index (χ1) is 10.1. The number of nitrogens with zero attached hydrogens (tertiary/aromatic N) is 1. The summed E-state index contributed by atoms with van der Waals surface area (Å²) in [5.41, 5.74) is 2.18. The lowest BCUT2D eigenvalue weighted by Gasteiger charge is -2.15. The number of aromatic nitrogens is 1. The van der Waals surface area contributed by atoms with Crippen LogP contribution in [0.5, 0.6) is 0 Å². The zero-order chi connectivity index (χ0) is 15.2. The van der Waals surface area contributed by atoms with Crippen molar-refractivity contribution in [1.29, 1.82) is 0 Å². The van der Waals surface area contributed by atoms with Gasteiger partial charge >= 0.3 is 0 Å². The normalized spacial score (nSPS) is 11.8. The monoisotopic (exact) mass is 303 g/mol.